The Labute approximate surface area is 108 Å². The number of carbonyl (C=O) groups is 1. The van der Waals surface area contributed by atoms with Crippen LogP contribution < -0.4 is 0 Å². The Morgan fingerprint density at radius 3 is 2.78 bits per heavy atom. The van der Waals surface area contributed by atoms with Gasteiger partial charge in [0, 0.05) is 25.2 Å². The van der Waals surface area contributed by atoms with E-state index < -0.39 is 0 Å². The van der Waals surface area contributed by atoms with Crippen molar-refractivity contribution in [1.29, 1.82) is 0 Å². The molecule has 1 aliphatic heterocycles. The predicted molar refractivity (Wildman–Crippen MR) is 69.2 cm³/mol. The van der Waals surface area contributed by atoms with Crippen LogP contribution >= 0.6 is 0 Å². The summed E-state index contributed by atoms with van der Waals surface area (Å²) in [4.78, 5) is 14.4. The lowest BCUT2D eigenvalue weighted by Crippen LogP contribution is -2.33. The lowest BCUT2D eigenvalue weighted by atomic mass is 10.1. The number of carbonyl (C=O) groups excluding carboxylic acids is 1. The minimum Gasteiger partial charge on any atom is -0.340 e. The maximum atomic E-state index is 12.3. The molecule has 1 atom stereocenters. The second-order valence-electron chi connectivity index (χ2n) is 5.71. The summed E-state index contributed by atoms with van der Waals surface area (Å²) in [7, 11) is 0. The molecule has 2 heterocycles. The topological polar surface area (TPSA) is 38.1 Å². The first-order valence-electron chi connectivity index (χ1n) is 7.03. The van der Waals surface area contributed by atoms with Crippen LogP contribution in [-0.2, 0) is 4.79 Å². The summed E-state index contributed by atoms with van der Waals surface area (Å²) in [5.74, 6) is 0.696. The maximum Gasteiger partial charge on any atom is 0.225 e. The lowest BCUT2D eigenvalue weighted by Gasteiger charge is -2.20. The van der Waals surface area contributed by atoms with E-state index in [-0.39, 0.29) is 0 Å². The third-order valence-electron chi connectivity index (χ3n) is 4.28. The Morgan fingerprint density at radius 2 is 2.11 bits per heavy atom. The predicted octanol–water partition coefficient (Wildman–Crippen LogP) is 2.16. The van der Waals surface area contributed by atoms with Crippen molar-refractivity contribution in [2.45, 2.75) is 45.1 Å². The van der Waals surface area contributed by atoms with Gasteiger partial charge in [-0.2, -0.15) is 5.10 Å². The summed E-state index contributed by atoms with van der Waals surface area (Å²) in [5.41, 5.74) is 1.19. The highest BCUT2D eigenvalue weighted by atomic mass is 16.2. The van der Waals surface area contributed by atoms with Crippen molar-refractivity contribution < 1.29 is 4.79 Å². The molecule has 0 bridgehead atoms. The average Bonchev–Trinajstić information content (AvgIpc) is 3.09. The zero-order chi connectivity index (χ0) is 12.5. The van der Waals surface area contributed by atoms with Crippen LogP contribution in [0.1, 0.15) is 43.7 Å². The summed E-state index contributed by atoms with van der Waals surface area (Å²) in [6.45, 7) is 3.80. The van der Waals surface area contributed by atoms with Gasteiger partial charge in [0.1, 0.15) is 0 Å². The molecular formula is C14H21N3O. The third kappa shape index (κ3) is 2.16. The monoisotopic (exact) mass is 247 g/mol. The first-order valence-corrected chi connectivity index (χ1v) is 7.03. The van der Waals surface area contributed by atoms with E-state index in [1.165, 1.54) is 18.4 Å². The molecule has 1 aromatic heterocycles. The largest absolute Gasteiger partial charge is 0.340 e. The number of hydrogen-bond acceptors (Lipinski definition) is 2. The second kappa shape index (κ2) is 4.75. The van der Waals surface area contributed by atoms with Gasteiger partial charge in [-0.3, -0.25) is 9.48 Å². The van der Waals surface area contributed by atoms with Crippen LogP contribution in [0.15, 0.2) is 12.4 Å². The van der Waals surface area contributed by atoms with Gasteiger partial charge in [0.25, 0.3) is 0 Å². The zero-order valence-electron chi connectivity index (χ0n) is 11.0. The van der Waals surface area contributed by atoms with Gasteiger partial charge in [0.05, 0.1) is 12.2 Å². The minimum absolute atomic E-state index is 0.308. The molecule has 18 heavy (non-hydrogen) atoms. The van der Waals surface area contributed by atoms with Gasteiger partial charge in [-0.1, -0.05) is 12.8 Å². The van der Waals surface area contributed by atoms with Crippen molar-refractivity contribution in [3.05, 3.63) is 18.0 Å². The molecule has 1 unspecified atom stereocenters. The smallest absolute Gasteiger partial charge is 0.225 e. The van der Waals surface area contributed by atoms with Crippen LogP contribution in [0, 0.1) is 12.8 Å². The lowest BCUT2D eigenvalue weighted by molar-refractivity contribution is -0.134. The number of hydrogen-bond donors (Lipinski definition) is 0. The van der Waals surface area contributed by atoms with Gasteiger partial charge < -0.3 is 4.90 Å². The molecule has 1 aliphatic carbocycles. The van der Waals surface area contributed by atoms with Gasteiger partial charge in [-0.25, -0.2) is 0 Å². The molecule has 4 nitrogen and oxygen atoms in total. The molecule has 0 radical (unpaired) electrons. The molecule has 1 saturated heterocycles. The van der Waals surface area contributed by atoms with Gasteiger partial charge in [0.2, 0.25) is 5.91 Å². The van der Waals surface area contributed by atoms with Crippen LogP contribution in [-0.4, -0.2) is 33.7 Å². The van der Waals surface area contributed by atoms with Gasteiger partial charge in [0.15, 0.2) is 0 Å². The highest BCUT2D eigenvalue weighted by Crippen LogP contribution is 2.29. The summed E-state index contributed by atoms with van der Waals surface area (Å²) in [6, 6.07) is 0.379. The molecule has 0 N–H and O–H groups in total. The highest BCUT2D eigenvalue weighted by Gasteiger charge is 2.32. The van der Waals surface area contributed by atoms with Gasteiger partial charge in [-0.05, 0) is 31.7 Å². The normalized spacial score (nSPS) is 24.9. The van der Waals surface area contributed by atoms with Crippen LogP contribution in [0.5, 0.6) is 0 Å². The first-order chi connectivity index (χ1) is 8.74. The standard InChI is InChI=1S/C14H21N3O/c1-11-8-15-17(9-11)13-6-7-16(10-13)14(18)12-4-2-3-5-12/h8-9,12-13H,2-7,10H2,1H3. The molecule has 98 valence electrons. The van der Waals surface area contributed by atoms with Crippen molar-refractivity contribution in [3.8, 4) is 0 Å². The Balaban J connectivity index is 1.62. The number of aromatic nitrogens is 2. The van der Waals surface area contributed by atoms with Crippen molar-refractivity contribution in [1.82, 2.24) is 14.7 Å². The van der Waals surface area contributed by atoms with Gasteiger partial charge >= 0.3 is 0 Å². The van der Waals surface area contributed by atoms with Crippen LogP contribution in [0.25, 0.3) is 0 Å². The molecule has 3 rings (SSSR count). The van der Waals surface area contributed by atoms with E-state index >= 15 is 0 Å². The molecule has 2 aliphatic rings. The summed E-state index contributed by atoms with van der Waals surface area (Å²) in [6.07, 6.45) is 9.66. The number of aryl methyl sites for hydroxylation is 1. The van der Waals surface area contributed by atoms with Crippen LogP contribution in [0.3, 0.4) is 0 Å². The SMILES string of the molecule is Cc1cnn(C2CCN(C(=O)C3CCCC3)C2)c1. The molecule has 2 fully saturated rings. The Kier molecular flexibility index (Phi) is 3.10. The van der Waals surface area contributed by atoms with Crippen molar-refractivity contribution >= 4 is 5.91 Å². The number of rotatable bonds is 2. The summed E-state index contributed by atoms with van der Waals surface area (Å²) < 4.78 is 2.03. The van der Waals surface area contributed by atoms with Crippen molar-refractivity contribution in [3.63, 3.8) is 0 Å². The van der Waals surface area contributed by atoms with Crippen LogP contribution in [0.4, 0.5) is 0 Å². The minimum atomic E-state index is 0.308. The third-order valence-corrected chi connectivity index (χ3v) is 4.28. The van der Waals surface area contributed by atoms with E-state index in [0.29, 0.717) is 17.9 Å². The fourth-order valence-electron chi connectivity index (χ4n) is 3.22. The highest BCUT2D eigenvalue weighted by molar-refractivity contribution is 5.79. The fraction of sp³-hybridized carbons (Fsp3) is 0.714. The number of nitrogens with zero attached hydrogens (tertiary/aromatic N) is 3. The van der Waals surface area contributed by atoms with E-state index in [1.54, 1.807) is 0 Å². The van der Waals surface area contributed by atoms with E-state index in [9.17, 15) is 4.79 Å². The molecule has 1 saturated carbocycles. The van der Waals surface area contributed by atoms with E-state index in [4.69, 9.17) is 0 Å². The van der Waals surface area contributed by atoms with Crippen LogP contribution in [0.2, 0.25) is 0 Å². The van der Waals surface area contributed by atoms with E-state index in [1.807, 2.05) is 10.9 Å². The van der Waals surface area contributed by atoms with E-state index in [2.05, 4.69) is 23.1 Å². The molecule has 4 heteroatoms. The van der Waals surface area contributed by atoms with Crippen molar-refractivity contribution in [2.24, 2.45) is 5.92 Å². The Bertz CT molecular complexity index is 434. The Hall–Kier alpha value is -1.32. The maximum absolute atomic E-state index is 12.3. The molecule has 1 amide bonds. The zero-order valence-corrected chi connectivity index (χ0v) is 11.0. The average molecular weight is 247 g/mol. The first kappa shape index (κ1) is 11.8. The van der Waals surface area contributed by atoms with E-state index in [0.717, 1.165) is 32.4 Å². The summed E-state index contributed by atoms with van der Waals surface area (Å²) >= 11 is 0. The second-order valence-corrected chi connectivity index (χ2v) is 5.71. The summed E-state index contributed by atoms with van der Waals surface area (Å²) in [5, 5.41) is 4.37. The molecule has 0 spiro atoms. The number of amides is 1. The molecule has 0 aromatic carbocycles. The van der Waals surface area contributed by atoms with Crippen molar-refractivity contribution in [2.75, 3.05) is 13.1 Å². The Morgan fingerprint density at radius 1 is 1.33 bits per heavy atom. The molecular weight excluding hydrogens is 226 g/mol. The quantitative estimate of drug-likeness (QED) is 0.803. The number of likely N-dealkylation sites (tertiary alicyclic amines) is 1. The fourth-order valence-corrected chi connectivity index (χ4v) is 3.22. The van der Waals surface area contributed by atoms with Gasteiger partial charge in [-0.15, -0.1) is 0 Å². The molecule has 1 aromatic rings.